The SMILES string of the molecule is CCCCN(CCCC)c1ccc(C=O)cn1. The van der Waals surface area contributed by atoms with Crippen LogP contribution in [0, 0.1) is 0 Å². The lowest BCUT2D eigenvalue weighted by molar-refractivity contribution is 0.112. The second-order valence-electron chi connectivity index (χ2n) is 4.26. The molecule has 0 unspecified atom stereocenters. The molecule has 3 heteroatoms. The number of unbranched alkanes of at least 4 members (excludes halogenated alkanes) is 2. The molecule has 0 N–H and O–H groups in total. The maximum Gasteiger partial charge on any atom is 0.151 e. The number of rotatable bonds is 8. The fourth-order valence-corrected chi connectivity index (χ4v) is 1.69. The van der Waals surface area contributed by atoms with Crippen molar-refractivity contribution in [2.45, 2.75) is 39.5 Å². The van der Waals surface area contributed by atoms with E-state index in [-0.39, 0.29) is 0 Å². The first kappa shape index (κ1) is 13.7. The molecule has 0 aliphatic carbocycles. The number of nitrogens with zero attached hydrogens (tertiary/aromatic N) is 2. The van der Waals surface area contributed by atoms with Crippen LogP contribution in [0.15, 0.2) is 18.3 Å². The Morgan fingerprint density at radius 1 is 1.18 bits per heavy atom. The molecular weight excluding hydrogens is 212 g/mol. The molecule has 0 spiro atoms. The minimum Gasteiger partial charge on any atom is -0.357 e. The van der Waals surface area contributed by atoms with Crippen molar-refractivity contribution in [1.82, 2.24) is 4.98 Å². The first-order valence-corrected chi connectivity index (χ1v) is 6.48. The molecule has 0 aliphatic rings. The summed E-state index contributed by atoms with van der Waals surface area (Å²) in [6.07, 6.45) is 7.22. The van der Waals surface area contributed by atoms with Gasteiger partial charge < -0.3 is 4.90 Å². The first-order valence-electron chi connectivity index (χ1n) is 6.48. The molecule has 1 aromatic heterocycles. The Labute approximate surface area is 104 Å². The van der Waals surface area contributed by atoms with Gasteiger partial charge in [0.2, 0.25) is 0 Å². The lowest BCUT2D eigenvalue weighted by atomic mass is 10.2. The summed E-state index contributed by atoms with van der Waals surface area (Å²) in [4.78, 5) is 17.2. The van der Waals surface area contributed by atoms with Gasteiger partial charge in [0.15, 0.2) is 6.29 Å². The molecule has 94 valence electrons. The van der Waals surface area contributed by atoms with Crippen LogP contribution < -0.4 is 4.90 Å². The van der Waals surface area contributed by atoms with Crippen molar-refractivity contribution in [3.8, 4) is 0 Å². The van der Waals surface area contributed by atoms with Gasteiger partial charge in [-0.1, -0.05) is 26.7 Å². The minimum atomic E-state index is 0.639. The van der Waals surface area contributed by atoms with E-state index >= 15 is 0 Å². The number of anilines is 1. The van der Waals surface area contributed by atoms with E-state index in [9.17, 15) is 4.79 Å². The smallest absolute Gasteiger partial charge is 0.151 e. The lowest BCUT2D eigenvalue weighted by Crippen LogP contribution is -2.26. The van der Waals surface area contributed by atoms with Crippen molar-refractivity contribution >= 4 is 12.1 Å². The quantitative estimate of drug-likeness (QED) is 0.647. The Morgan fingerprint density at radius 2 is 1.82 bits per heavy atom. The lowest BCUT2D eigenvalue weighted by Gasteiger charge is -2.23. The first-order chi connectivity index (χ1) is 8.31. The van der Waals surface area contributed by atoms with Gasteiger partial charge in [-0.05, 0) is 25.0 Å². The molecule has 0 fully saturated rings. The topological polar surface area (TPSA) is 33.2 Å². The van der Waals surface area contributed by atoms with Crippen LogP contribution in [0.3, 0.4) is 0 Å². The van der Waals surface area contributed by atoms with Gasteiger partial charge in [0, 0.05) is 24.8 Å². The van der Waals surface area contributed by atoms with E-state index in [4.69, 9.17) is 0 Å². The van der Waals surface area contributed by atoms with Gasteiger partial charge in [0.25, 0.3) is 0 Å². The molecule has 0 aliphatic heterocycles. The van der Waals surface area contributed by atoms with E-state index in [1.165, 1.54) is 25.7 Å². The van der Waals surface area contributed by atoms with E-state index in [2.05, 4.69) is 23.7 Å². The Kier molecular flexibility index (Phi) is 6.30. The van der Waals surface area contributed by atoms with E-state index in [0.717, 1.165) is 25.2 Å². The molecule has 0 aromatic carbocycles. The number of hydrogen-bond acceptors (Lipinski definition) is 3. The van der Waals surface area contributed by atoms with Crippen LogP contribution in [0.25, 0.3) is 0 Å². The van der Waals surface area contributed by atoms with Crippen LogP contribution in [0.4, 0.5) is 5.82 Å². The Balaban J connectivity index is 2.68. The summed E-state index contributed by atoms with van der Waals surface area (Å²) in [7, 11) is 0. The summed E-state index contributed by atoms with van der Waals surface area (Å²) in [6.45, 7) is 6.48. The highest BCUT2D eigenvalue weighted by molar-refractivity contribution is 5.74. The summed E-state index contributed by atoms with van der Waals surface area (Å²) in [5.41, 5.74) is 0.639. The summed E-state index contributed by atoms with van der Waals surface area (Å²) in [5.74, 6) is 0.984. The van der Waals surface area contributed by atoms with E-state index in [0.29, 0.717) is 5.56 Å². The third kappa shape index (κ3) is 4.55. The molecule has 0 bridgehead atoms. The fraction of sp³-hybridized carbons (Fsp3) is 0.571. The van der Waals surface area contributed by atoms with Crippen LogP contribution in [0.1, 0.15) is 49.9 Å². The Morgan fingerprint density at radius 3 is 2.24 bits per heavy atom. The Hall–Kier alpha value is -1.38. The van der Waals surface area contributed by atoms with Crippen LogP contribution in [-0.4, -0.2) is 24.4 Å². The van der Waals surface area contributed by atoms with Gasteiger partial charge >= 0.3 is 0 Å². The normalized spacial score (nSPS) is 10.2. The van der Waals surface area contributed by atoms with E-state index < -0.39 is 0 Å². The molecule has 1 aromatic rings. The number of hydrogen-bond donors (Lipinski definition) is 0. The maximum absolute atomic E-state index is 10.6. The highest BCUT2D eigenvalue weighted by Crippen LogP contribution is 2.12. The summed E-state index contributed by atoms with van der Waals surface area (Å²) in [6, 6.07) is 3.77. The van der Waals surface area contributed by atoms with Gasteiger partial charge in [0.1, 0.15) is 5.82 Å². The van der Waals surface area contributed by atoms with Gasteiger partial charge in [-0.3, -0.25) is 4.79 Å². The molecule has 0 radical (unpaired) electrons. The molecule has 0 saturated heterocycles. The van der Waals surface area contributed by atoms with Crippen LogP contribution in [0.5, 0.6) is 0 Å². The van der Waals surface area contributed by atoms with Crippen LogP contribution in [-0.2, 0) is 0 Å². The van der Waals surface area contributed by atoms with Crippen molar-refractivity contribution in [3.05, 3.63) is 23.9 Å². The minimum absolute atomic E-state index is 0.639. The van der Waals surface area contributed by atoms with Crippen molar-refractivity contribution in [2.75, 3.05) is 18.0 Å². The number of aromatic nitrogens is 1. The average molecular weight is 234 g/mol. The van der Waals surface area contributed by atoms with Crippen molar-refractivity contribution in [2.24, 2.45) is 0 Å². The van der Waals surface area contributed by atoms with Crippen molar-refractivity contribution in [1.29, 1.82) is 0 Å². The largest absolute Gasteiger partial charge is 0.357 e. The van der Waals surface area contributed by atoms with E-state index in [1.54, 1.807) is 6.20 Å². The van der Waals surface area contributed by atoms with Gasteiger partial charge in [-0.2, -0.15) is 0 Å². The molecule has 0 amide bonds. The predicted octanol–water partition coefficient (Wildman–Crippen LogP) is 3.30. The highest BCUT2D eigenvalue weighted by Gasteiger charge is 2.06. The zero-order valence-corrected chi connectivity index (χ0v) is 10.9. The molecule has 1 rings (SSSR count). The van der Waals surface area contributed by atoms with E-state index in [1.807, 2.05) is 12.1 Å². The molecule has 3 nitrogen and oxygen atoms in total. The van der Waals surface area contributed by atoms with Crippen LogP contribution >= 0.6 is 0 Å². The molecule has 0 saturated carbocycles. The summed E-state index contributed by atoms with van der Waals surface area (Å²) in [5, 5.41) is 0. The second kappa shape index (κ2) is 7.82. The molecule has 0 atom stereocenters. The number of aldehydes is 1. The Bertz CT molecular complexity index is 313. The summed E-state index contributed by atoms with van der Waals surface area (Å²) < 4.78 is 0. The predicted molar refractivity (Wildman–Crippen MR) is 71.7 cm³/mol. The second-order valence-corrected chi connectivity index (χ2v) is 4.26. The van der Waals surface area contributed by atoms with Gasteiger partial charge in [-0.15, -0.1) is 0 Å². The number of carbonyl (C=O) groups excluding carboxylic acids is 1. The zero-order valence-electron chi connectivity index (χ0n) is 10.9. The van der Waals surface area contributed by atoms with Crippen molar-refractivity contribution in [3.63, 3.8) is 0 Å². The van der Waals surface area contributed by atoms with Crippen LogP contribution in [0.2, 0.25) is 0 Å². The highest BCUT2D eigenvalue weighted by atomic mass is 16.1. The standard InChI is InChI=1S/C14H22N2O/c1-3-5-9-16(10-6-4-2)14-8-7-13(12-17)11-15-14/h7-8,11-12H,3-6,9-10H2,1-2H3. The monoisotopic (exact) mass is 234 g/mol. The summed E-state index contributed by atoms with van der Waals surface area (Å²) >= 11 is 0. The van der Waals surface area contributed by atoms with Gasteiger partial charge in [-0.25, -0.2) is 4.98 Å². The molecule has 1 heterocycles. The van der Waals surface area contributed by atoms with Crippen molar-refractivity contribution < 1.29 is 4.79 Å². The fourth-order valence-electron chi connectivity index (χ4n) is 1.69. The average Bonchev–Trinajstić information content (AvgIpc) is 2.39. The third-order valence-electron chi connectivity index (χ3n) is 2.79. The molecular formula is C14H22N2O. The third-order valence-corrected chi connectivity index (χ3v) is 2.79. The van der Waals surface area contributed by atoms with Gasteiger partial charge in [0.05, 0.1) is 0 Å². The number of carbonyl (C=O) groups is 1. The number of pyridine rings is 1. The zero-order chi connectivity index (χ0) is 12.5. The molecule has 17 heavy (non-hydrogen) atoms. The maximum atomic E-state index is 10.6.